The Morgan fingerprint density at radius 1 is 0.638 bits per heavy atom. The normalized spacial score (nSPS) is 12.9. The molecule has 0 spiro atoms. The van der Waals surface area contributed by atoms with Crippen LogP contribution in [0.5, 0.6) is 0 Å². The quantitative estimate of drug-likeness (QED) is 0.141. The molecule has 0 aliphatic heterocycles. The molecule has 0 aliphatic carbocycles. The highest BCUT2D eigenvalue weighted by molar-refractivity contribution is 14.1. The summed E-state index contributed by atoms with van der Waals surface area (Å²) in [5.41, 5.74) is 12.3. The molecule has 5 rings (SSSR count). The molecule has 1 unspecified atom stereocenters. The zero-order chi connectivity index (χ0) is 34.6. The molecule has 0 saturated carbocycles. The molecule has 0 bridgehead atoms. The number of hydrogen-bond acceptors (Lipinski definition) is 2. The van der Waals surface area contributed by atoms with Crippen molar-refractivity contribution in [2.75, 3.05) is 6.61 Å². The fourth-order valence-corrected chi connectivity index (χ4v) is 8.00. The van der Waals surface area contributed by atoms with Crippen LogP contribution in [0, 0.1) is 34.8 Å². The molecule has 5 aromatic carbocycles. The van der Waals surface area contributed by atoms with Gasteiger partial charge in [-0.1, -0.05) is 77.9 Å². The topological polar surface area (TPSA) is 38.3 Å². The molecule has 5 aromatic rings. The maximum absolute atomic E-state index is 13.4. The van der Waals surface area contributed by atoms with Crippen molar-refractivity contribution in [3.63, 3.8) is 0 Å². The van der Waals surface area contributed by atoms with Gasteiger partial charge in [0.1, 0.15) is 0 Å². The first-order valence-corrected chi connectivity index (χ1v) is 18.6. The number of fused-ring (bicyclic) bond motifs is 2. The van der Waals surface area contributed by atoms with Crippen LogP contribution in [0.1, 0.15) is 99.0 Å². The van der Waals surface area contributed by atoms with E-state index in [2.05, 4.69) is 180 Å². The molecule has 5 heteroatoms. The predicted octanol–water partition coefficient (Wildman–Crippen LogP) is 12.5. The van der Waals surface area contributed by atoms with Gasteiger partial charge in [0.15, 0.2) is 0 Å². The van der Waals surface area contributed by atoms with Crippen LogP contribution < -0.4 is 5.32 Å². The standard InChI is InChI=1S/C42H47I2NO2/c1-12-47-40(46)45-39(36-25(4)19-28(20-26(36)5)42(9,10)11)38-33-21-29(43)13-15-31(33)37(32-16-14-30(44)22-34(32)38)35-23(2)17-27(18-24(35)3)41(6,7)8/h13-22,39H,12H2,1-11H3,(H,45,46). The van der Waals surface area contributed by atoms with Crippen molar-refractivity contribution in [2.45, 2.75) is 93.0 Å². The monoisotopic (exact) mass is 851 g/mol. The summed E-state index contributed by atoms with van der Waals surface area (Å²) in [6.07, 6.45) is -0.415. The molecule has 246 valence electrons. The Morgan fingerprint density at radius 2 is 1.06 bits per heavy atom. The van der Waals surface area contributed by atoms with E-state index in [1.165, 1.54) is 44.2 Å². The summed E-state index contributed by atoms with van der Waals surface area (Å²) in [6, 6.07) is 22.4. The van der Waals surface area contributed by atoms with E-state index in [1.54, 1.807) is 0 Å². The number of aryl methyl sites for hydroxylation is 4. The molecule has 1 amide bonds. The summed E-state index contributed by atoms with van der Waals surface area (Å²) in [7, 11) is 0. The average molecular weight is 852 g/mol. The van der Waals surface area contributed by atoms with Crippen LogP contribution in [0.15, 0.2) is 60.7 Å². The third-order valence-corrected chi connectivity index (χ3v) is 10.6. The van der Waals surface area contributed by atoms with Crippen LogP contribution in [0.3, 0.4) is 0 Å². The summed E-state index contributed by atoms with van der Waals surface area (Å²) >= 11 is 4.84. The van der Waals surface area contributed by atoms with Crippen LogP contribution in [0.4, 0.5) is 4.79 Å². The van der Waals surface area contributed by atoms with Gasteiger partial charge >= 0.3 is 6.09 Å². The van der Waals surface area contributed by atoms with Crippen LogP contribution in [-0.4, -0.2) is 12.7 Å². The number of alkyl carbamates (subject to hydrolysis) is 1. The maximum atomic E-state index is 13.4. The fourth-order valence-electron chi connectivity index (χ4n) is 7.02. The van der Waals surface area contributed by atoms with Crippen LogP contribution in [0.25, 0.3) is 32.7 Å². The number of rotatable bonds is 5. The van der Waals surface area contributed by atoms with E-state index >= 15 is 0 Å². The van der Waals surface area contributed by atoms with Crippen molar-refractivity contribution < 1.29 is 9.53 Å². The summed E-state index contributed by atoms with van der Waals surface area (Å²) < 4.78 is 7.85. The molecule has 1 N–H and O–H groups in total. The Morgan fingerprint density at radius 3 is 1.47 bits per heavy atom. The van der Waals surface area contributed by atoms with Gasteiger partial charge < -0.3 is 10.1 Å². The minimum Gasteiger partial charge on any atom is -0.450 e. The van der Waals surface area contributed by atoms with E-state index in [9.17, 15) is 4.79 Å². The number of nitrogens with one attached hydrogen (secondary N) is 1. The number of halogens is 2. The smallest absolute Gasteiger partial charge is 0.407 e. The van der Waals surface area contributed by atoms with E-state index in [-0.39, 0.29) is 10.8 Å². The highest BCUT2D eigenvalue weighted by Gasteiger charge is 2.29. The van der Waals surface area contributed by atoms with Gasteiger partial charge in [0, 0.05) is 7.14 Å². The Hall–Kier alpha value is -2.65. The molecule has 47 heavy (non-hydrogen) atoms. The second-order valence-corrected chi connectivity index (χ2v) is 17.5. The first-order chi connectivity index (χ1) is 21.9. The van der Waals surface area contributed by atoms with Gasteiger partial charge in [-0.2, -0.15) is 0 Å². The molecule has 3 nitrogen and oxygen atoms in total. The first-order valence-electron chi connectivity index (χ1n) is 16.4. The highest BCUT2D eigenvalue weighted by Crippen LogP contribution is 2.47. The number of benzene rings is 5. The maximum Gasteiger partial charge on any atom is 0.407 e. The van der Waals surface area contributed by atoms with Gasteiger partial charge in [-0.05, 0) is 192 Å². The van der Waals surface area contributed by atoms with Gasteiger partial charge in [-0.15, -0.1) is 0 Å². The molecule has 0 saturated heterocycles. The van der Waals surface area contributed by atoms with E-state index in [0.717, 1.165) is 40.2 Å². The number of hydrogen-bond donors (Lipinski definition) is 1. The predicted molar refractivity (Wildman–Crippen MR) is 217 cm³/mol. The van der Waals surface area contributed by atoms with E-state index in [1.807, 2.05) is 6.92 Å². The van der Waals surface area contributed by atoms with Crippen molar-refractivity contribution in [3.8, 4) is 11.1 Å². The lowest BCUT2D eigenvalue weighted by Gasteiger charge is -2.30. The van der Waals surface area contributed by atoms with Gasteiger partial charge in [-0.25, -0.2) is 4.79 Å². The zero-order valence-corrected chi connectivity index (χ0v) is 33.9. The molecule has 0 aromatic heterocycles. The molecule has 1 atom stereocenters. The van der Waals surface area contributed by atoms with Crippen LogP contribution in [0.2, 0.25) is 0 Å². The van der Waals surface area contributed by atoms with Crippen molar-refractivity contribution in [3.05, 3.63) is 112 Å². The van der Waals surface area contributed by atoms with Gasteiger partial charge in [0.25, 0.3) is 0 Å². The van der Waals surface area contributed by atoms with Crippen LogP contribution >= 0.6 is 45.2 Å². The summed E-state index contributed by atoms with van der Waals surface area (Å²) in [4.78, 5) is 13.4. The molecular formula is C42H47I2NO2. The van der Waals surface area contributed by atoms with Gasteiger partial charge in [0.05, 0.1) is 12.6 Å². The van der Waals surface area contributed by atoms with Gasteiger partial charge in [0.2, 0.25) is 0 Å². The molecule has 0 radical (unpaired) electrons. The lowest BCUT2D eigenvalue weighted by molar-refractivity contribution is 0.149. The largest absolute Gasteiger partial charge is 0.450 e. The Bertz CT molecular complexity index is 1920. The summed E-state index contributed by atoms with van der Waals surface area (Å²) in [6.45, 7) is 24.6. The van der Waals surface area contributed by atoms with Crippen LogP contribution in [-0.2, 0) is 15.6 Å². The minimum absolute atomic E-state index is 0.00361. The van der Waals surface area contributed by atoms with E-state index in [0.29, 0.717) is 6.61 Å². The SMILES string of the molecule is CCOC(=O)NC(c1c(C)cc(C(C)(C)C)cc1C)c1c2cc(I)ccc2c(-c2c(C)cc(C(C)(C)C)cc2C)c2ccc(I)cc12. The van der Waals surface area contributed by atoms with Crippen molar-refractivity contribution in [2.24, 2.45) is 0 Å². The number of amides is 1. The summed E-state index contributed by atoms with van der Waals surface area (Å²) in [5, 5.41) is 8.00. The Labute approximate surface area is 308 Å². The van der Waals surface area contributed by atoms with E-state index in [4.69, 9.17) is 4.74 Å². The molecular weight excluding hydrogens is 804 g/mol. The molecule has 0 fully saturated rings. The van der Waals surface area contributed by atoms with Crippen molar-refractivity contribution >= 4 is 72.8 Å². The Balaban J connectivity index is 1.96. The number of carbonyl (C=O) groups excluding carboxylic acids is 1. The van der Waals surface area contributed by atoms with Crippen molar-refractivity contribution in [1.29, 1.82) is 0 Å². The third-order valence-electron chi connectivity index (χ3n) is 9.31. The second-order valence-electron chi connectivity index (χ2n) is 15.0. The number of ether oxygens (including phenoxy) is 1. The fraction of sp³-hybridized carbons (Fsp3) is 0.357. The second kappa shape index (κ2) is 13.3. The minimum atomic E-state index is -0.427. The average Bonchev–Trinajstić information content (AvgIpc) is 2.94. The third kappa shape index (κ3) is 7.08. The Kier molecular flexibility index (Phi) is 10.1. The van der Waals surface area contributed by atoms with Crippen molar-refractivity contribution in [1.82, 2.24) is 5.32 Å². The summed E-state index contributed by atoms with van der Waals surface area (Å²) in [5.74, 6) is 0. The molecule has 0 heterocycles. The van der Waals surface area contributed by atoms with E-state index < -0.39 is 12.1 Å². The number of carbonyl (C=O) groups is 1. The lowest BCUT2D eigenvalue weighted by Crippen LogP contribution is -2.31. The lowest BCUT2D eigenvalue weighted by atomic mass is 9.78. The zero-order valence-electron chi connectivity index (χ0n) is 29.6. The first kappa shape index (κ1) is 35.7. The van der Waals surface area contributed by atoms with Gasteiger partial charge in [-0.3, -0.25) is 0 Å². The highest BCUT2D eigenvalue weighted by atomic mass is 127. The molecule has 0 aliphatic rings.